The normalized spacial score (nSPS) is 11.9. The second kappa shape index (κ2) is 5.99. The van der Waals surface area contributed by atoms with Crippen LogP contribution < -0.4 is 5.32 Å². The van der Waals surface area contributed by atoms with Crippen molar-refractivity contribution in [2.45, 2.75) is 13.0 Å². The van der Waals surface area contributed by atoms with Crippen molar-refractivity contribution in [3.8, 4) is 0 Å². The maximum atomic E-state index is 12.0. The van der Waals surface area contributed by atoms with Crippen molar-refractivity contribution in [2.75, 3.05) is 7.11 Å². The maximum absolute atomic E-state index is 12.0. The molecule has 6 heteroatoms. The fraction of sp³-hybridized carbons (Fsp3) is 0.231. The third-order valence-corrected chi connectivity index (χ3v) is 4.65. The Labute approximate surface area is 119 Å². The van der Waals surface area contributed by atoms with Crippen LogP contribution in [-0.2, 0) is 4.74 Å². The Morgan fingerprint density at radius 2 is 2.00 bits per heavy atom. The van der Waals surface area contributed by atoms with Crippen LogP contribution in [0.15, 0.2) is 29.6 Å². The number of hydrogen-bond acceptors (Lipinski definition) is 5. The standard InChI is InChI=1S/C13H13NO3S2/c1-8(9-4-3-7-18-9)14-12(15)10-5-6-11(19-10)13(16)17-2/h3-8H,1-2H3,(H,14,15)/t8-/m1/s1. The number of amides is 1. The molecule has 0 bridgehead atoms. The van der Waals surface area contributed by atoms with Crippen LogP contribution >= 0.6 is 22.7 Å². The first-order valence-electron chi connectivity index (χ1n) is 5.64. The van der Waals surface area contributed by atoms with Crippen molar-refractivity contribution in [1.29, 1.82) is 0 Å². The summed E-state index contributed by atoms with van der Waals surface area (Å²) in [5, 5.41) is 4.87. The molecule has 0 spiro atoms. The summed E-state index contributed by atoms with van der Waals surface area (Å²) in [5.41, 5.74) is 0. The molecular formula is C13H13NO3S2. The monoisotopic (exact) mass is 295 g/mol. The van der Waals surface area contributed by atoms with Crippen LogP contribution in [0.1, 0.15) is 37.2 Å². The minimum atomic E-state index is -0.421. The van der Waals surface area contributed by atoms with Crippen molar-refractivity contribution in [1.82, 2.24) is 5.32 Å². The molecule has 2 aromatic rings. The van der Waals surface area contributed by atoms with E-state index in [2.05, 4.69) is 10.1 Å². The van der Waals surface area contributed by atoms with E-state index in [-0.39, 0.29) is 11.9 Å². The first-order valence-corrected chi connectivity index (χ1v) is 7.34. The molecule has 100 valence electrons. The Morgan fingerprint density at radius 3 is 2.63 bits per heavy atom. The van der Waals surface area contributed by atoms with E-state index in [9.17, 15) is 9.59 Å². The molecular weight excluding hydrogens is 282 g/mol. The summed E-state index contributed by atoms with van der Waals surface area (Å²) in [7, 11) is 1.32. The molecule has 0 aliphatic heterocycles. The van der Waals surface area contributed by atoms with Crippen molar-refractivity contribution in [2.24, 2.45) is 0 Å². The first-order chi connectivity index (χ1) is 9.11. The summed E-state index contributed by atoms with van der Waals surface area (Å²) in [4.78, 5) is 25.4. The van der Waals surface area contributed by atoms with Gasteiger partial charge < -0.3 is 10.1 Å². The molecule has 1 N–H and O–H groups in total. The number of ether oxygens (including phenoxy) is 1. The van der Waals surface area contributed by atoms with Gasteiger partial charge in [0.15, 0.2) is 0 Å². The van der Waals surface area contributed by atoms with Gasteiger partial charge in [-0.1, -0.05) is 6.07 Å². The summed E-state index contributed by atoms with van der Waals surface area (Å²) in [5.74, 6) is -0.601. The van der Waals surface area contributed by atoms with Crippen LogP contribution in [0, 0.1) is 0 Å². The van der Waals surface area contributed by atoms with Gasteiger partial charge in [0, 0.05) is 4.88 Å². The summed E-state index contributed by atoms with van der Waals surface area (Å²) >= 11 is 2.73. The zero-order valence-electron chi connectivity index (χ0n) is 10.5. The number of nitrogens with one attached hydrogen (secondary N) is 1. The molecule has 1 amide bonds. The molecule has 2 rings (SSSR count). The lowest BCUT2D eigenvalue weighted by Gasteiger charge is -2.10. The van der Waals surface area contributed by atoms with Gasteiger partial charge in [-0.15, -0.1) is 22.7 Å². The van der Waals surface area contributed by atoms with Crippen molar-refractivity contribution >= 4 is 34.6 Å². The minimum Gasteiger partial charge on any atom is -0.465 e. The van der Waals surface area contributed by atoms with Gasteiger partial charge in [-0.3, -0.25) is 4.79 Å². The second-order valence-electron chi connectivity index (χ2n) is 3.87. The minimum absolute atomic E-state index is 0.0452. The van der Waals surface area contributed by atoms with Crippen LogP contribution in [0.2, 0.25) is 0 Å². The third-order valence-electron chi connectivity index (χ3n) is 2.53. The molecule has 0 aliphatic rings. The smallest absolute Gasteiger partial charge is 0.348 e. The average molecular weight is 295 g/mol. The predicted molar refractivity (Wildman–Crippen MR) is 75.9 cm³/mol. The molecule has 2 heterocycles. The Morgan fingerprint density at radius 1 is 1.26 bits per heavy atom. The number of thiophene rings is 2. The third kappa shape index (κ3) is 3.21. The molecule has 4 nitrogen and oxygen atoms in total. The maximum Gasteiger partial charge on any atom is 0.348 e. The number of esters is 1. The summed E-state index contributed by atoms with van der Waals surface area (Å²) in [6, 6.07) is 7.11. The molecule has 0 saturated heterocycles. The molecule has 0 fully saturated rings. The highest BCUT2D eigenvalue weighted by atomic mass is 32.1. The molecule has 0 radical (unpaired) electrons. The topological polar surface area (TPSA) is 55.4 Å². The van der Waals surface area contributed by atoms with Crippen LogP contribution in [0.4, 0.5) is 0 Å². The summed E-state index contributed by atoms with van der Waals surface area (Å²) in [6.45, 7) is 1.93. The quantitative estimate of drug-likeness (QED) is 0.882. The van der Waals surface area contributed by atoms with E-state index < -0.39 is 5.97 Å². The molecule has 0 unspecified atom stereocenters. The van der Waals surface area contributed by atoms with Crippen molar-refractivity contribution in [3.05, 3.63) is 44.3 Å². The van der Waals surface area contributed by atoms with Gasteiger partial charge in [0.1, 0.15) is 4.88 Å². The summed E-state index contributed by atoms with van der Waals surface area (Å²) in [6.07, 6.45) is 0. The van der Waals surface area contributed by atoms with Gasteiger partial charge in [-0.05, 0) is 30.5 Å². The van der Waals surface area contributed by atoms with E-state index in [0.29, 0.717) is 9.75 Å². The number of methoxy groups -OCH3 is 1. The van der Waals surface area contributed by atoms with Gasteiger partial charge in [-0.2, -0.15) is 0 Å². The Balaban J connectivity index is 2.04. The molecule has 0 aromatic carbocycles. The van der Waals surface area contributed by atoms with Crippen LogP contribution in [0.5, 0.6) is 0 Å². The highest BCUT2D eigenvalue weighted by molar-refractivity contribution is 7.15. The number of carbonyl (C=O) groups excluding carboxylic acids is 2. The van der Waals surface area contributed by atoms with Crippen LogP contribution in [0.25, 0.3) is 0 Å². The summed E-state index contributed by atoms with van der Waals surface area (Å²) < 4.78 is 4.61. The largest absolute Gasteiger partial charge is 0.465 e. The number of carbonyl (C=O) groups is 2. The van der Waals surface area contributed by atoms with Gasteiger partial charge in [-0.25, -0.2) is 4.79 Å². The highest BCUT2D eigenvalue weighted by Gasteiger charge is 2.16. The Kier molecular flexibility index (Phi) is 4.34. The number of rotatable bonds is 4. The van der Waals surface area contributed by atoms with E-state index in [1.807, 2.05) is 24.4 Å². The van der Waals surface area contributed by atoms with Crippen LogP contribution in [0.3, 0.4) is 0 Å². The lowest BCUT2D eigenvalue weighted by molar-refractivity contribution is 0.0606. The fourth-order valence-electron chi connectivity index (χ4n) is 1.55. The molecule has 1 atom stereocenters. The van der Waals surface area contributed by atoms with Gasteiger partial charge in [0.25, 0.3) is 5.91 Å². The molecule has 0 saturated carbocycles. The van der Waals surface area contributed by atoms with Gasteiger partial charge in [0.05, 0.1) is 18.0 Å². The number of hydrogen-bond donors (Lipinski definition) is 1. The SMILES string of the molecule is COC(=O)c1ccc(C(=O)N[C@H](C)c2cccs2)s1. The highest BCUT2D eigenvalue weighted by Crippen LogP contribution is 2.21. The van der Waals surface area contributed by atoms with Gasteiger partial charge >= 0.3 is 5.97 Å². The lowest BCUT2D eigenvalue weighted by atomic mass is 10.2. The van der Waals surface area contributed by atoms with Crippen molar-refractivity contribution in [3.63, 3.8) is 0 Å². The van der Waals surface area contributed by atoms with Crippen molar-refractivity contribution < 1.29 is 14.3 Å². The molecule has 19 heavy (non-hydrogen) atoms. The lowest BCUT2D eigenvalue weighted by Crippen LogP contribution is -2.25. The van der Waals surface area contributed by atoms with E-state index in [4.69, 9.17) is 0 Å². The predicted octanol–water partition coefficient (Wildman–Crippen LogP) is 3.09. The van der Waals surface area contributed by atoms with Gasteiger partial charge in [0.2, 0.25) is 0 Å². The molecule has 0 aliphatic carbocycles. The van der Waals surface area contributed by atoms with E-state index >= 15 is 0 Å². The zero-order chi connectivity index (χ0) is 13.8. The van der Waals surface area contributed by atoms with E-state index in [1.54, 1.807) is 23.5 Å². The second-order valence-corrected chi connectivity index (χ2v) is 5.93. The first kappa shape index (κ1) is 13.8. The van der Waals surface area contributed by atoms with Crippen LogP contribution in [-0.4, -0.2) is 19.0 Å². The van der Waals surface area contributed by atoms with E-state index in [1.165, 1.54) is 7.11 Å². The Bertz CT molecular complexity index is 574. The average Bonchev–Trinajstić information content (AvgIpc) is 3.08. The molecule has 2 aromatic heterocycles. The Hall–Kier alpha value is -1.66. The van der Waals surface area contributed by atoms with E-state index in [0.717, 1.165) is 16.2 Å². The zero-order valence-corrected chi connectivity index (χ0v) is 12.1. The fourth-order valence-corrected chi connectivity index (χ4v) is 3.11.